The van der Waals surface area contributed by atoms with E-state index >= 15 is 0 Å². The first-order valence-corrected chi connectivity index (χ1v) is 4.99. The third kappa shape index (κ3) is 2.06. The number of aldehydes is 1. The normalized spacial score (nSPS) is 25.5. The molecule has 0 spiro atoms. The van der Waals surface area contributed by atoms with Gasteiger partial charge in [0.1, 0.15) is 6.29 Å². The Kier molecular flexibility index (Phi) is 3.14. The molecule has 0 aromatic rings. The molecule has 0 amide bonds. The second-order valence-corrected chi connectivity index (χ2v) is 4.34. The van der Waals surface area contributed by atoms with E-state index in [1.807, 2.05) is 13.0 Å². The first kappa shape index (κ1) is 11.0. The van der Waals surface area contributed by atoms with Crippen molar-refractivity contribution in [1.82, 2.24) is 0 Å². The number of hydrogen-bond acceptors (Lipinski definition) is 2. The molecule has 1 aliphatic rings. The van der Waals surface area contributed by atoms with Gasteiger partial charge in [-0.05, 0) is 19.4 Å². The maximum atomic E-state index is 10.8. The quantitative estimate of drug-likeness (QED) is 0.510. The van der Waals surface area contributed by atoms with Crippen LogP contribution in [0, 0.1) is 11.3 Å². The zero-order valence-corrected chi connectivity index (χ0v) is 9.17. The van der Waals surface area contributed by atoms with Crippen molar-refractivity contribution in [2.45, 2.75) is 27.2 Å². The van der Waals surface area contributed by atoms with Crippen LogP contribution >= 0.6 is 0 Å². The van der Waals surface area contributed by atoms with E-state index in [2.05, 4.69) is 20.4 Å². The number of ether oxygens (including phenoxy) is 1. The Hall–Kier alpha value is -1.05. The van der Waals surface area contributed by atoms with Gasteiger partial charge in [-0.2, -0.15) is 0 Å². The number of carbonyl (C=O) groups is 1. The molecule has 78 valence electrons. The second kappa shape index (κ2) is 3.99. The van der Waals surface area contributed by atoms with Gasteiger partial charge in [-0.3, -0.25) is 0 Å². The molecule has 0 saturated carbocycles. The van der Waals surface area contributed by atoms with Gasteiger partial charge in [-0.15, -0.1) is 0 Å². The molecule has 1 unspecified atom stereocenters. The number of hydrogen-bond donors (Lipinski definition) is 0. The van der Waals surface area contributed by atoms with Gasteiger partial charge in [0.25, 0.3) is 0 Å². The first-order valence-electron chi connectivity index (χ1n) is 4.99. The molecule has 14 heavy (non-hydrogen) atoms. The third-order valence-corrected chi connectivity index (χ3v) is 2.58. The maximum Gasteiger partial charge on any atom is 0.131 e. The minimum absolute atomic E-state index is 0.0212. The lowest BCUT2D eigenvalue weighted by Crippen LogP contribution is -2.25. The number of allylic oxidation sites excluding steroid dienone is 3. The summed E-state index contributed by atoms with van der Waals surface area (Å²) in [6.45, 7) is 10.7. The van der Waals surface area contributed by atoms with Crippen molar-refractivity contribution in [2.24, 2.45) is 11.3 Å². The van der Waals surface area contributed by atoms with Crippen molar-refractivity contribution in [2.75, 3.05) is 6.61 Å². The third-order valence-electron chi connectivity index (χ3n) is 2.58. The van der Waals surface area contributed by atoms with Gasteiger partial charge in [-0.1, -0.05) is 26.0 Å². The molecule has 0 aliphatic heterocycles. The van der Waals surface area contributed by atoms with Crippen LogP contribution in [0.2, 0.25) is 0 Å². The summed E-state index contributed by atoms with van der Waals surface area (Å²) in [7, 11) is 0. The summed E-state index contributed by atoms with van der Waals surface area (Å²) < 4.78 is 5.54. The zero-order valence-electron chi connectivity index (χ0n) is 9.17. The van der Waals surface area contributed by atoms with E-state index < -0.39 is 0 Å². The molecular weight excluding hydrogens is 176 g/mol. The molecular formula is C12H18O2. The molecule has 2 heteroatoms. The van der Waals surface area contributed by atoms with Gasteiger partial charge in [0.2, 0.25) is 0 Å². The van der Waals surface area contributed by atoms with Gasteiger partial charge >= 0.3 is 0 Å². The second-order valence-electron chi connectivity index (χ2n) is 4.34. The fourth-order valence-electron chi connectivity index (χ4n) is 1.81. The molecule has 0 N–H and O–H groups in total. The van der Waals surface area contributed by atoms with E-state index in [1.165, 1.54) is 0 Å². The summed E-state index contributed by atoms with van der Waals surface area (Å²) in [5.41, 5.74) is 0.959. The van der Waals surface area contributed by atoms with Crippen LogP contribution in [-0.4, -0.2) is 12.9 Å². The van der Waals surface area contributed by atoms with Crippen LogP contribution in [0.1, 0.15) is 27.2 Å². The SMILES string of the molecule is C=C1CC(C)(C)C(OCC)=CC1C=O. The Bertz CT molecular complexity index is 274. The molecule has 0 aromatic heterocycles. The Labute approximate surface area is 85.6 Å². The minimum atomic E-state index is -0.162. The summed E-state index contributed by atoms with van der Waals surface area (Å²) in [5, 5.41) is 0. The lowest BCUT2D eigenvalue weighted by Gasteiger charge is -2.34. The van der Waals surface area contributed by atoms with Gasteiger partial charge in [0.05, 0.1) is 18.3 Å². The van der Waals surface area contributed by atoms with Crippen LogP contribution in [0.5, 0.6) is 0 Å². The predicted octanol–water partition coefficient (Wildman–Crippen LogP) is 2.71. The summed E-state index contributed by atoms with van der Waals surface area (Å²) in [6, 6.07) is 0. The van der Waals surface area contributed by atoms with E-state index in [4.69, 9.17) is 4.74 Å². The van der Waals surface area contributed by atoms with Crippen LogP contribution in [-0.2, 0) is 9.53 Å². The summed E-state index contributed by atoms with van der Waals surface area (Å²) in [6.07, 6.45) is 3.64. The van der Waals surface area contributed by atoms with Crippen LogP contribution in [0.15, 0.2) is 24.0 Å². The molecule has 1 rings (SSSR count). The van der Waals surface area contributed by atoms with Gasteiger partial charge in [-0.25, -0.2) is 0 Å². The molecule has 0 heterocycles. The molecule has 2 nitrogen and oxygen atoms in total. The Morgan fingerprint density at radius 1 is 1.71 bits per heavy atom. The Balaban J connectivity index is 2.96. The van der Waals surface area contributed by atoms with Crippen molar-refractivity contribution in [1.29, 1.82) is 0 Å². The van der Waals surface area contributed by atoms with Crippen LogP contribution < -0.4 is 0 Å². The predicted molar refractivity (Wildman–Crippen MR) is 56.8 cm³/mol. The molecule has 0 saturated heterocycles. The highest BCUT2D eigenvalue weighted by atomic mass is 16.5. The molecule has 0 fully saturated rings. The summed E-state index contributed by atoms with van der Waals surface area (Å²) >= 11 is 0. The minimum Gasteiger partial charge on any atom is -0.498 e. The zero-order chi connectivity index (χ0) is 10.8. The van der Waals surface area contributed by atoms with Crippen molar-refractivity contribution in [3.63, 3.8) is 0 Å². The average Bonchev–Trinajstić information content (AvgIpc) is 2.09. The van der Waals surface area contributed by atoms with E-state index in [0.717, 1.165) is 24.0 Å². The van der Waals surface area contributed by atoms with Crippen molar-refractivity contribution < 1.29 is 9.53 Å². The fraction of sp³-hybridized carbons (Fsp3) is 0.583. The van der Waals surface area contributed by atoms with Crippen molar-refractivity contribution in [3.8, 4) is 0 Å². The Morgan fingerprint density at radius 2 is 2.36 bits per heavy atom. The van der Waals surface area contributed by atoms with E-state index in [-0.39, 0.29) is 11.3 Å². The summed E-state index contributed by atoms with van der Waals surface area (Å²) in [5.74, 6) is 0.758. The molecule has 1 aliphatic carbocycles. The monoisotopic (exact) mass is 194 g/mol. The molecule has 0 bridgehead atoms. The average molecular weight is 194 g/mol. The van der Waals surface area contributed by atoms with Crippen molar-refractivity contribution >= 4 is 6.29 Å². The highest BCUT2D eigenvalue weighted by Gasteiger charge is 2.32. The van der Waals surface area contributed by atoms with Crippen LogP contribution in [0.25, 0.3) is 0 Å². The number of rotatable bonds is 3. The molecule has 0 radical (unpaired) electrons. The standard InChI is InChI=1S/C12H18O2/c1-5-14-11-6-10(8-13)9(2)7-12(11,3)4/h6,8,10H,2,5,7H2,1,3-4H3. The van der Waals surface area contributed by atoms with Crippen molar-refractivity contribution in [3.05, 3.63) is 24.0 Å². The Morgan fingerprint density at radius 3 is 2.86 bits per heavy atom. The van der Waals surface area contributed by atoms with Gasteiger partial charge < -0.3 is 9.53 Å². The smallest absolute Gasteiger partial charge is 0.131 e. The van der Waals surface area contributed by atoms with E-state index in [9.17, 15) is 4.79 Å². The molecule has 0 aromatic carbocycles. The highest BCUT2D eigenvalue weighted by Crippen LogP contribution is 2.40. The summed E-state index contributed by atoms with van der Waals surface area (Å²) in [4.78, 5) is 10.8. The molecule has 1 atom stereocenters. The van der Waals surface area contributed by atoms with Gasteiger partial charge in [0.15, 0.2) is 0 Å². The number of carbonyl (C=O) groups excluding carboxylic acids is 1. The van der Waals surface area contributed by atoms with Gasteiger partial charge in [0, 0.05) is 5.41 Å². The van der Waals surface area contributed by atoms with Crippen LogP contribution in [0.4, 0.5) is 0 Å². The highest BCUT2D eigenvalue weighted by molar-refractivity contribution is 5.63. The lowest BCUT2D eigenvalue weighted by molar-refractivity contribution is -0.109. The lowest BCUT2D eigenvalue weighted by atomic mass is 9.75. The van der Waals surface area contributed by atoms with E-state index in [0.29, 0.717) is 6.61 Å². The fourth-order valence-corrected chi connectivity index (χ4v) is 1.81. The topological polar surface area (TPSA) is 26.3 Å². The first-order chi connectivity index (χ1) is 6.51. The van der Waals surface area contributed by atoms with Crippen LogP contribution in [0.3, 0.4) is 0 Å². The maximum absolute atomic E-state index is 10.8. The largest absolute Gasteiger partial charge is 0.498 e. The van der Waals surface area contributed by atoms with E-state index in [1.54, 1.807) is 0 Å².